The number of carbonyl (C=O) groups is 1. The first-order valence-electron chi connectivity index (χ1n) is 5.20. The number of ether oxygens (including phenoxy) is 1. The number of hydrogen-bond donors (Lipinski definition) is 2. The van der Waals surface area contributed by atoms with Gasteiger partial charge in [0.25, 0.3) is 5.91 Å². The standard InChI is InChI=1S/C11H15ClN2O3/c1-17-7-8(5-6-15)13-11(16)9-3-2-4-10(12)14-9/h2-4,8,15H,5-7H2,1H3,(H,13,16). The number of rotatable bonds is 6. The first-order valence-corrected chi connectivity index (χ1v) is 5.58. The van der Waals surface area contributed by atoms with E-state index in [-0.39, 0.29) is 29.4 Å². The summed E-state index contributed by atoms with van der Waals surface area (Å²) in [5.74, 6) is -0.331. The van der Waals surface area contributed by atoms with Gasteiger partial charge in [0.1, 0.15) is 10.8 Å². The number of aliphatic hydroxyl groups is 1. The topological polar surface area (TPSA) is 71.5 Å². The third-order valence-electron chi connectivity index (χ3n) is 2.13. The van der Waals surface area contributed by atoms with Crippen LogP contribution in [0.25, 0.3) is 0 Å². The van der Waals surface area contributed by atoms with Crippen molar-refractivity contribution in [1.29, 1.82) is 0 Å². The fraction of sp³-hybridized carbons (Fsp3) is 0.455. The molecule has 0 aliphatic carbocycles. The number of aliphatic hydroxyl groups excluding tert-OH is 1. The Bertz CT molecular complexity index is 367. The van der Waals surface area contributed by atoms with Crippen LogP contribution < -0.4 is 5.32 Å². The van der Waals surface area contributed by atoms with E-state index < -0.39 is 0 Å². The van der Waals surface area contributed by atoms with Gasteiger partial charge in [-0.05, 0) is 18.6 Å². The lowest BCUT2D eigenvalue weighted by Crippen LogP contribution is -2.39. The van der Waals surface area contributed by atoms with Gasteiger partial charge in [0.2, 0.25) is 0 Å². The van der Waals surface area contributed by atoms with Gasteiger partial charge in [0.15, 0.2) is 0 Å². The highest BCUT2D eigenvalue weighted by atomic mass is 35.5. The molecule has 1 unspecified atom stereocenters. The van der Waals surface area contributed by atoms with Crippen molar-refractivity contribution in [2.75, 3.05) is 20.3 Å². The van der Waals surface area contributed by atoms with Crippen molar-refractivity contribution in [3.8, 4) is 0 Å². The molecule has 1 rings (SSSR count). The number of nitrogens with one attached hydrogen (secondary N) is 1. The minimum Gasteiger partial charge on any atom is -0.396 e. The number of methoxy groups -OCH3 is 1. The largest absolute Gasteiger partial charge is 0.396 e. The summed E-state index contributed by atoms with van der Waals surface area (Å²) in [6, 6.07) is 4.59. The lowest BCUT2D eigenvalue weighted by Gasteiger charge is -2.16. The van der Waals surface area contributed by atoms with Gasteiger partial charge in [-0.1, -0.05) is 17.7 Å². The number of pyridine rings is 1. The van der Waals surface area contributed by atoms with E-state index in [2.05, 4.69) is 10.3 Å². The SMILES string of the molecule is COCC(CCO)NC(=O)c1cccc(Cl)n1. The number of carbonyl (C=O) groups excluding carboxylic acids is 1. The zero-order chi connectivity index (χ0) is 12.7. The fourth-order valence-corrected chi connectivity index (χ4v) is 1.51. The molecule has 0 aliphatic rings. The Hall–Kier alpha value is -1.17. The Balaban J connectivity index is 2.63. The Morgan fingerprint density at radius 3 is 3.00 bits per heavy atom. The van der Waals surface area contributed by atoms with Crippen molar-refractivity contribution in [2.45, 2.75) is 12.5 Å². The van der Waals surface area contributed by atoms with E-state index in [0.717, 1.165) is 0 Å². The normalized spacial score (nSPS) is 12.2. The Labute approximate surface area is 105 Å². The van der Waals surface area contributed by atoms with E-state index in [0.29, 0.717) is 13.0 Å². The van der Waals surface area contributed by atoms with Crippen LogP contribution >= 0.6 is 11.6 Å². The second kappa shape index (κ2) is 7.21. The average molecular weight is 259 g/mol. The van der Waals surface area contributed by atoms with Crippen LogP contribution in [0.3, 0.4) is 0 Å². The molecule has 0 radical (unpaired) electrons. The number of hydrogen-bond acceptors (Lipinski definition) is 4. The van der Waals surface area contributed by atoms with Gasteiger partial charge < -0.3 is 15.2 Å². The molecule has 1 atom stereocenters. The predicted octanol–water partition coefficient (Wildman–Crippen LogP) is 0.862. The van der Waals surface area contributed by atoms with E-state index in [1.54, 1.807) is 18.2 Å². The lowest BCUT2D eigenvalue weighted by molar-refractivity contribution is 0.0874. The van der Waals surface area contributed by atoms with Crippen molar-refractivity contribution < 1.29 is 14.6 Å². The Kier molecular flexibility index (Phi) is 5.90. The summed E-state index contributed by atoms with van der Waals surface area (Å²) in [5.41, 5.74) is 0.247. The quantitative estimate of drug-likeness (QED) is 0.743. The maximum atomic E-state index is 11.8. The van der Waals surface area contributed by atoms with Crippen LogP contribution in [0.15, 0.2) is 18.2 Å². The number of halogens is 1. The summed E-state index contributed by atoms with van der Waals surface area (Å²) in [5, 5.41) is 11.8. The molecule has 17 heavy (non-hydrogen) atoms. The van der Waals surface area contributed by atoms with Gasteiger partial charge in [-0.2, -0.15) is 0 Å². The molecule has 1 amide bonds. The van der Waals surface area contributed by atoms with E-state index >= 15 is 0 Å². The van der Waals surface area contributed by atoms with Crippen LogP contribution in [0.4, 0.5) is 0 Å². The molecule has 0 saturated heterocycles. The van der Waals surface area contributed by atoms with E-state index in [4.69, 9.17) is 21.4 Å². The third kappa shape index (κ3) is 4.68. The van der Waals surface area contributed by atoms with E-state index in [1.165, 1.54) is 7.11 Å². The van der Waals surface area contributed by atoms with Gasteiger partial charge in [0.05, 0.1) is 12.6 Å². The number of aromatic nitrogens is 1. The highest BCUT2D eigenvalue weighted by Gasteiger charge is 2.14. The molecule has 0 fully saturated rings. The highest BCUT2D eigenvalue weighted by Crippen LogP contribution is 2.05. The summed E-state index contributed by atoms with van der Waals surface area (Å²) in [6.07, 6.45) is 0.431. The number of amides is 1. The maximum absolute atomic E-state index is 11.8. The van der Waals surface area contributed by atoms with Crippen molar-refractivity contribution in [1.82, 2.24) is 10.3 Å². The minimum atomic E-state index is -0.331. The van der Waals surface area contributed by atoms with Crippen molar-refractivity contribution in [2.24, 2.45) is 0 Å². The number of nitrogens with zero attached hydrogens (tertiary/aromatic N) is 1. The molecule has 94 valence electrons. The van der Waals surface area contributed by atoms with Crippen molar-refractivity contribution >= 4 is 17.5 Å². The molecule has 0 aliphatic heterocycles. The second-order valence-corrected chi connectivity index (χ2v) is 3.87. The van der Waals surface area contributed by atoms with Crippen LogP contribution in [-0.2, 0) is 4.74 Å². The van der Waals surface area contributed by atoms with Crippen LogP contribution in [0.5, 0.6) is 0 Å². The first-order chi connectivity index (χ1) is 8.17. The highest BCUT2D eigenvalue weighted by molar-refractivity contribution is 6.29. The summed E-state index contributed by atoms with van der Waals surface area (Å²) >= 11 is 5.69. The molecule has 1 heterocycles. The monoisotopic (exact) mass is 258 g/mol. The third-order valence-corrected chi connectivity index (χ3v) is 2.34. The van der Waals surface area contributed by atoms with Crippen LogP contribution in [0.1, 0.15) is 16.9 Å². The molecular weight excluding hydrogens is 244 g/mol. The average Bonchev–Trinajstić information content (AvgIpc) is 2.29. The Morgan fingerprint density at radius 1 is 1.65 bits per heavy atom. The van der Waals surface area contributed by atoms with Gasteiger partial charge in [-0.15, -0.1) is 0 Å². The summed E-state index contributed by atoms with van der Waals surface area (Å²) in [6.45, 7) is 0.324. The molecule has 1 aromatic heterocycles. The maximum Gasteiger partial charge on any atom is 0.270 e. The van der Waals surface area contributed by atoms with Gasteiger partial charge in [-0.25, -0.2) is 4.98 Å². The lowest BCUT2D eigenvalue weighted by atomic mass is 10.2. The second-order valence-electron chi connectivity index (χ2n) is 3.48. The molecule has 0 spiro atoms. The first kappa shape index (κ1) is 13.9. The van der Waals surface area contributed by atoms with E-state index in [9.17, 15) is 4.79 Å². The van der Waals surface area contributed by atoms with Crippen LogP contribution in [0, 0.1) is 0 Å². The van der Waals surface area contributed by atoms with Crippen LogP contribution in [-0.4, -0.2) is 42.4 Å². The molecule has 1 aromatic rings. The van der Waals surface area contributed by atoms with Crippen molar-refractivity contribution in [3.63, 3.8) is 0 Å². The molecule has 0 saturated carbocycles. The smallest absolute Gasteiger partial charge is 0.270 e. The molecule has 0 aromatic carbocycles. The molecule has 0 bridgehead atoms. The van der Waals surface area contributed by atoms with Gasteiger partial charge >= 0.3 is 0 Å². The summed E-state index contributed by atoms with van der Waals surface area (Å²) in [7, 11) is 1.54. The van der Waals surface area contributed by atoms with Gasteiger partial charge in [0, 0.05) is 13.7 Å². The summed E-state index contributed by atoms with van der Waals surface area (Å²) in [4.78, 5) is 15.7. The minimum absolute atomic E-state index is 0.0166. The zero-order valence-electron chi connectivity index (χ0n) is 9.52. The predicted molar refractivity (Wildman–Crippen MR) is 64.1 cm³/mol. The van der Waals surface area contributed by atoms with Crippen molar-refractivity contribution in [3.05, 3.63) is 29.0 Å². The molecule has 6 heteroatoms. The molecule has 5 nitrogen and oxygen atoms in total. The fourth-order valence-electron chi connectivity index (χ4n) is 1.35. The Morgan fingerprint density at radius 2 is 2.41 bits per heavy atom. The van der Waals surface area contributed by atoms with E-state index in [1.807, 2.05) is 0 Å². The van der Waals surface area contributed by atoms with Gasteiger partial charge in [-0.3, -0.25) is 4.79 Å². The zero-order valence-corrected chi connectivity index (χ0v) is 10.3. The van der Waals surface area contributed by atoms with Crippen LogP contribution in [0.2, 0.25) is 5.15 Å². The summed E-state index contributed by atoms with van der Waals surface area (Å²) < 4.78 is 4.94. The molecular formula is C11H15ClN2O3. The molecule has 2 N–H and O–H groups in total.